The Bertz CT molecular complexity index is 225. The van der Waals surface area contributed by atoms with Crippen molar-refractivity contribution in [3.63, 3.8) is 0 Å². The summed E-state index contributed by atoms with van der Waals surface area (Å²) in [5.74, 6) is -0.581. The van der Waals surface area contributed by atoms with Crippen molar-refractivity contribution in [2.75, 3.05) is 20.1 Å². The Kier molecular flexibility index (Phi) is 3.20. The van der Waals surface area contributed by atoms with Crippen LogP contribution in [0.5, 0.6) is 0 Å². The zero-order valence-corrected chi connectivity index (χ0v) is 9.58. The van der Waals surface area contributed by atoms with Gasteiger partial charge in [0.2, 0.25) is 0 Å². The number of hydrogen-bond acceptors (Lipinski definition) is 2. The summed E-state index contributed by atoms with van der Waals surface area (Å²) >= 11 is 0. The number of rotatable bonds is 2. The van der Waals surface area contributed by atoms with Crippen LogP contribution >= 0.6 is 0 Å². The van der Waals surface area contributed by atoms with Crippen LogP contribution in [0.4, 0.5) is 0 Å². The standard InChI is InChI=1S/C11H21NO2/c1-8(10(13)14)9-5-6-12(4)7-11(9,2)3/h8-9H,5-7H2,1-4H3,(H,13,14). The Labute approximate surface area is 86.1 Å². The highest BCUT2D eigenvalue weighted by atomic mass is 16.4. The van der Waals surface area contributed by atoms with Crippen molar-refractivity contribution in [2.24, 2.45) is 17.3 Å². The van der Waals surface area contributed by atoms with Crippen LogP contribution in [0.3, 0.4) is 0 Å². The summed E-state index contributed by atoms with van der Waals surface area (Å²) in [5, 5.41) is 9.02. The summed E-state index contributed by atoms with van der Waals surface area (Å²) in [7, 11) is 2.10. The minimum Gasteiger partial charge on any atom is -0.481 e. The molecule has 3 nitrogen and oxygen atoms in total. The largest absolute Gasteiger partial charge is 0.481 e. The molecule has 0 amide bonds. The molecule has 0 aliphatic carbocycles. The first-order chi connectivity index (χ1) is 6.34. The van der Waals surface area contributed by atoms with E-state index in [-0.39, 0.29) is 11.3 Å². The van der Waals surface area contributed by atoms with Crippen LogP contribution in [-0.2, 0) is 4.79 Å². The fourth-order valence-corrected chi connectivity index (χ4v) is 2.74. The molecule has 3 heteroatoms. The van der Waals surface area contributed by atoms with E-state index in [1.165, 1.54) is 0 Å². The highest BCUT2D eigenvalue weighted by Gasteiger charge is 2.39. The smallest absolute Gasteiger partial charge is 0.306 e. The van der Waals surface area contributed by atoms with E-state index in [0.29, 0.717) is 5.92 Å². The van der Waals surface area contributed by atoms with Crippen LogP contribution in [0.25, 0.3) is 0 Å². The monoisotopic (exact) mass is 199 g/mol. The zero-order valence-electron chi connectivity index (χ0n) is 9.58. The van der Waals surface area contributed by atoms with E-state index < -0.39 is 5.97 Å². The van der Waals surface area contributed by atoms with Gasteiger partial charge in [0, 0.05) is 6.54 Å². The van der Waals surface area contributed by atoms with Gasteiger partial charge in [0.1, 0.15) is 0 Å². The van der Waals surface area contributed by atoms with Gasteiger partial charge < -0.3 is 10.0 Å². The number of carboxylic acid groups (broad SMARTS) is 1. The number of aliphatic carboxylic acids is 1. The molecule has 1 N–H and O–H groups in total. The molecule has 1 saturated heterocycles. The predicted octanol–water partition coefficient (Wildman–Crippen LogP) is 1.69. The number of nitrogens with zero attached hydrogens (tertiary/aromatic N) is 1. The van der Waals surface area contributed by atoms with Gasteiger partial charge in [-0.05, 0) is 31.3 Å². The third-order valence-electron chi connectivity index (χ3n) is 3.50. The molecule has 0 spiro atoms. The normalized spacial score (nSPS) is 29.9. The predicted molar refractivity (Wildman–Crippen MR) is 56.2 cm³/mol. The number of likely N-dealkylation sites (tertiary alicyclic amines) is 1. The third kappa shape index (κ3) is 2.27. The SMILES string of the molecule is CC(C(=O)O)C1CCN(C)CC1(C)C. The first kappa shape index (κ1) is 11.5. The second-order valence-electron chi connectivity index (χ2n) is 5.25. The molecule has 0 aromatic heterocycles. The van der Waals surface area contributed by atoms with Crippen molar-refractivity contribution in [3.8, 4) is 0 Å². The summed E-state index contributed by atoms with van der Waals surface area (Å²) < 4.78 is 0. The topological polar surface area (TPSA) is 40.5 Å². The van der Waals surface area contributed by atoms with Gasteiger partial charge in [0.25, 0.3) is 0 Å². The van der Waals surface area contributed by atoms with Crippen LogP contribution in [0, 0.1) is 17.3 Å². The maximum atomic E-state index is 11.0. The van der Waals surface area contributed by atoms with Crippen LogP contribution in [0.1, 0.15) is 27.2 Å². The Morgan fingerprint density at radius 1 is 1.57 bits per heavy atom. The van der Waals surface area contributed by atoms with E-state index in [1.54, 1.807) is 0 Å². The maximum Gasteiger partial charge on any atom is 0.306 e. The van der Waals surface area contributed by atoms with Gasteiger partial charge in [-0.15, -0.1) is 0 Å². The molecule has 14 heavy (non-hydrogen) atoms. The van der Waals surface area contributed by atoms with E-state index in [4.69, 9.17) is 5.11 Å². The van der Waals surface area contributed by atoms with Gasteiger partial charge in [0.05, 0.1) is 5.92 Å². The van der Waals surface area contributed by atoms with E-state index in [1.807, 2.05) is 6.92 Å². The molecule has 82 valence electrons. The van der Waals surface area contributed by atoms with Crippen molar-refractivity contribution in [3.05, 3.63) is 0 Å². The highest BCUT2D eigenvalue weighted by molar-refractivity contribution is 5.70. The first-order valence-corrected chi connectivity index (χ1v) is 5.26. The molecule has 0 radical (unpaired) electrons. The van der Waals surface area contributed by atoms with E-state index in [0.717, 1.165) is 19.5 Å². The number of piperidine rings is 1. The molecule has 0 bridgehead atoms. The van der Waals surface area contributed by atoms with Gasteiger partial charge in [-0.2, -0.15) is 0 Å². The Morgan fingerprint density at radius 2 is 2.14 bits per heavy atom. The lowest BCUT2D eigenvalue weighted by Gasteiger charge is -2.44. The summed E-state index contributed by atoms with van der Waals surface area (Å²) in [6.45, 7) is 8.20. The van der Waals surface area contributed by atoms with Crippen LogP contribution in [-0.4, -0.2) is 36.1 Å². The fourth-order valence-electron chi connectivity index (χ4n) is 2.74. The lowest BCUT2D eigenvalue weighted by atomic mass is 9.68. The third-order valence-corrected chi connectivity index (χ3v) is 3.50. The first-order valence-electron chi connectivity index (χ1n) is 5.26. The van der Waals surface area contributed by atoms with Crippen LogP contribution in [0.15, 0.2) is 0 Å². The zero-order chi connectivity index (χ0) is 10.9. The average molecular weight is 199 g/mol. The van der Waals surface area contributed by atoms with Gasteiger partial charge in [-0.1, -0.05) is 20.8 Å². The number of carbonyl (C=O) groups is 1. The molecule has 2 unspecified atom stereocenters. The minimum absolute atomic E-state index is 0.116. The lowest BCUT2D eigenvalue weighted by molar-refractivity contribution is -0.146. The molecule has 0 aromatic rings. The Morgan fingerprint density at radius 3 is 2.57 bits per heavy atom. The van der Waals surface area contributed by atoms with E-state index in [2.05, 4.69) is 25.8 Å². The molecule has 1 aliphatic heterocycles. The van der Waals surface area contributed by atoms with Gasteiger partial charge in [-0.3, -0.25) is 4.79 Å². The van der Waals surface area contributed by atoms with Gasteiger partial charge in [-0.25, -0.2) is 0 Å². The molecule has 0 aromatic carbocycles. The second kappa shape index (κ2) is 3.89. The molecule has 1 heterocycles. The van der Waals surface area contributed by atoms with Crippen molar-refractivity contribution in [1.29, 1.82) is 0 Å². The highest BCUT2D eigenvalue weighted by Crippen LogP contribution is 2.39. The summed E-state index contributed by atoms with van der Waals surface area (Å²) in [4.78, 5) is 13.2. The lowest BCUT2D eigenvalue weighted by Crippen LogP contribution is -2.47. The molecule has 1 fully saturated rings. The van der Waals surface area contributed by atoms with Gasteiger partial charge >= 0.3 is 5.97 Å². The Hall–Kier alpha value is -0.570. The van der Waals surface area contributed by atoms with E-state index in [9.17, 15) is 4.79 Å². The fraction of sp³-hybridized carbons (Fsp3) is 0.909. The molecule has 2 atom stereocenters. The molecule has 1 aliphatic rings. The quantitative estimate of drug-likeness (QED) is 0.735. The summed E-state index contributed by atoms with van der Waals surface area (Å²) in [6, 6.07) is 0. The van der Waals surface area contributed by atoms with Gasteiger partial charge in [0.15, 0.2) is 0 Å². The van der Waals surface area contributed by atoms with Crippen LogP contribution in [0.2, 0.25) is 0 Å². The van der Waals surface area contributed by atoms with Crippen molar-refractivity contribution in [2.45, 2.75) is 27.2 Å². The molecular weight excluding hydrogens is 178 g/mol. The van der Waals surface area contributed by atoms with Crippen molar-refractivity contribution < 1.29 is 9.90 Å². The van der Waals surface area contributed by atoms with Crippen molar-refractivity contribution >= 4 is 5.97 Å². The Balaban J connectivity index is 2.73. The minimum atomic E-state index is -0.660. The molecule has 1 rings (SSSR count). The summed E-state index contributed by atoms with van der Waals surface area (Å²) in [5.41, 5.74) is 0.116. The van der Waals surface area contributed by atoms with E-state index >= 15 is 0 Å². The maximum absolute atomic E-state index is 11.0. The van der Waals surface area contributed by atoms with Crippen LogP contribution < -0.4 is 0 Å². The average Bonchev–Trinajstić information content (AvgIpc) is 2.01. The second-order valence-corrected chi connectivity index (χ2v) is 5.25. The van der Waals surface area contributed by atoms with Crippen molar-refractivity contribution in [1.82, 2.24) is 4.90 Å². The molecular formula is C11H21NO2. The number of hydrogen-bond donors (Lipinski definition) is 1. The molecule has 0 saturated carbocycles. The summed E-state index contributed by atoms with van der Waals surface area (Å²) in [6.07, 6.45) is 0.997. The number of carboxylic acids is 1.